The summed E-state index contributed by atoms with van der Waals surface area (Å²) in [7, 11) is 0. The number of para-hydroxylation sites is 1. The number of piperidine rings is 1. The molecule has 0 radical (unpaired) electrons. The number of carbonyl (C=O) groups excluding carboxylic acids is 2. The summed E-state index contributed by atoms with van der Waals surface area (Å²) >= 11 is 0. The lowest BCUT2D eigenvalue weighted by Gasteiger charge is -2.39. The van der Waals surface area contributed by atoms with E-state index in [4.69, 9.17) is 9.47 Å². The lowest BCUT2D eigenvalue weighted by Crippen LogP contribution is -2.47. The number of amides is 2. The Morgan fingerprint density at radius 1 is 0.811 bits per heavy atom. The minimum Gasteiger partial charge on any atom is -0.454 e. The van der Waals surface area contributed by atoms with Crippen molar-refractivity contribution in [2.45, 2.75) is 70.9 Å². The van der Waals surface area contributed by atoms with E-state index in [2.05, 4.69) is 23.1 Å². The summed E-state index contributed by atoms with van der Waals surface area (Å²) in [5.74, 6) is 1.52. The van der Waals surface area contributed by atoms with Crippen LogP contribution in [0.5, 0.6) is 11.5 Å². The Morgan fingerprint density at radius 3 is 2.30 bits per heavy atom. The summed E-state index contributed by atoms with van der Waals surface area (Å²) in [6.45, 7) is 6.05. The van der Waals surface area contributed by atoms with Crippen LogP contribution >= 0.6 is 0 Å². The molecule has 2 aromatic carbocycles. The number of likely N-dealkylation sites (tertiary alicyclic amines) is 1. The molecule has 0 bridgehead atoms. The highest BCUT2D eigenvalue weighted by Crippen LogP contribution is 2.33. The maximum Gasteiger partial charge on any atom is 0.253 e. The number of anilines is 1. The Morgan fingerprint density at radius 2 is 1.51 bits per heavy atom. The van der Waals surface area contributed by atoms with Crippen LogP contribution in [0.4, 0.5) is 5.69 Å². The second-order valence-electron chi connectivity index (χ2n) is 10.5. The largest absolute Gasteiger partial charge is 0.454 e. The van der Waals surface area contributed by atoms with Crippen LogP contribution < -0.4 is 14.4 Å². The Labute approximate surface area is 220 Å². The Kier molecular flexibility index (Phi) is 8.29. The number of ether oxygens (including phenoxy) is 2. The third-order valence-corrected chi connectivity index (χ3v) is 8.00. The summed E-state index contributed by atoms with van der Waals surface area (Å²) in [6, 6.07) is 14.3. The van der Waals surface area contributed by atoms with Gasteiger partial charge in [-0.25, -0.2) is 0 Å². The van der Waals surface area contributed by atoms with Crippen molar-refractivity contribution in [1.29, 1.82) is 0 Å². The van der Waals surface area contributed by atoms with Crippen LogP contribution in [-0.4, -0.2) is 60.6 Å². The van der Waals surface area contributed by atoms with Crippen molar-refractivity contribution in [2.24, 2.45) is 0 Å². The molecule has 3 aliphatic rings. The number of rotatable bonds is 2. The van der Waals surface area contributed by atoms with Crippen LogP contribution in [0, 0.1) is 0 Å². The molecule has 0 atom stereocenters. The maximum atomic E-state index is 13.2. The third kappa shape index (κ3) is 6.09. The highest BCUT2D eigenvalue weighted by atomic mass is 16.7. The molecule has 7 nitrogen and oxygen atoms in total. The molecule has 1 fully saturated rings. The number of carbonyl (C=O) groups is 2. The number of hydrogen-bond acceptors (Lipinski definition) is 5. The van der Waals surface area contributed by atoms with E-state index in [1.165, 1.54) is 37.7 Å². The average molecular weight is 506 g/mol. The van der Waals surface area contributed by atoms with Gasteiger partial charge in [0.25, 0.3) is 5.91 Å². The molecule has 0 aliphatic carbocycles. The second kappa shape index (κ2) is 12.0. The van der Waals surface area contributed by atoms with E-state index in [9.17, 15) is 9.59 Å². The van der Waals surface area contributed by atoms with Crippen molar-refractivity contribution in [3.05, 3.63) is 53.6 Å². The van der Waals surface area contributed by atoms with Gasteiger partial charge in [-0.05, 0) is 62.1 Å². The summed E-state index contributed by atoms with van der Waals surface area (Å²) < 4.78 is 10.9. The molecule has 3 aliphatic heterocycles. The zero-order valence-corrected chi connectivity index (χ0v) is 22.0. The van der Waals surface area contributed by atoms with Gasteiger partial charge in [-0.1, -0.05) is 43.9 Å². The molecule has 198 valence electrons. The molecule has 37 heavy (non-hydrogen) atoms. The van der Waals surface area contributed by atoms with Crippen molar-refractivity contribution < 1.29 is 19.1 Å². The van der Waals surface area contributed by atoms with E-state index in [0.29, 0.717) is 23.1 Å². The van der Waals surface area contributed by atoms with E-state index in [-0.39, 0.29) is 18.6 Å². The van der Waals surface area contributed by atoms with E-state index in [1.54, 1.807) is 13.0 Å². The first kappa shape index (κ1) is 25.6. The minimum absolute atomic E-state index is 0.0594. The smallest absolute Gasteiger partial charge is 0.253 e. The summed E-state index contributed by atoms with van der Waals surface area (Å²) in [6.07, 6.45) is 9.05. The van der Waals surface area contributed by atoms with Crippen molar-refractivity contribution in [3.8, 4) is 11.5 Å². The number of fused-ring (bicyclic) bond motifs is 2. The summed E-state index contributed by atoms with van der Waals surface area (Å²) in [5, 5.41) is 0. The topological polar surface area (TPSA) is 62.3 Å². The van der Waals surface area contributed by atoms with Gasteiger partial charge in [0.05, 0.1) is 0 Å². The van der Waals surface area contributed by atoms with Gasteiger partial charge >= 0.3 is 0 Å². The first-order valence-corrected chi connectivity index (χ1v) is 13.9. The molecule has 7 heteroatoms. The van der Waals surface area contributed by atoms with Gasteiger partial charge < -0.3 is 19.3 Å². The fraction of sp³-hybridized carbons (Fsp3) is 0.533. The Bertz CT molecular complexity index is 1100. The quantitative estimate of drug-likeness (QED) is 0.559. The molecular formula is C30H39N3O4. The first-order valence-electron chi connectivity index (χ1n) is 13.9. The highest BCUT2D eigenvalue weighted by Gasteiger charge is 2.29. The molecular weight excluding hydrogens is 466 g/mol. The lowest BCUT2D eigenvalue weighted by molar-refractivity contribution is -0.116. The van der Waals surface area contributed by atoms with Crippen LogP contribution in [0.1, 0.15) is 74.2 Å². The maximum absolute atomic E-state index is 13.2. The van der Waals surface area contributed by atoms with E-state index in [1.807, 2.05) is 28.0 Å². The van der Waals surface area contributed by atoms with Crippen LogP contribution in [0.3, 0.4) is 0 Å². The van der Waals surface area contributed by atoms with E-state index >= 15 is 0 Å². The molecule has 2 amide bonds. The second-order valence-corrected chi connectivity index (χ2v) is 10.5. The van der Waals surface area contributed by atoms with E-state index in [0.717, 1.165) is 57.7 Å². The van der Waals surface area contributed by atoms with Gasteiger partial charge in [-0.2, -0.15) is 0 Å². The SMILES string of the molecule is CC(=O)N1CCCCCCCCN(C2CCN(C(=O)c3ccc4c(c3)OCO4)CC2)Cc2ccccc21. The molecule has 3 heterocycles. The molecule has 5 rings (SSSR count). The zero-order valence-electron chi connectivity index (χ0n) is 22.0. The Balaban J connectivity index is 1.28. The molecule has 0 unspecified atom stereocenters. The van der Waals surface area contributed by atoms with Crippen molar-refractivity contribution in [2.75, 3.05) is 37.9 Å². The monoisotopic (exact) mass is 505 g/mol. The lowest BCUT2D eigenvalue weighted by atomic mass is 10.00. The van der Waals surface area contributed by atoms with Gasteiger partial charge in [0.15, 0.2) is 11.5 Å². The molecule has 0 N–H and O–H groups in total. The van der Waals surface area contributed by atoms with Crippen LogP contribution in [0.15, 0.2) is 42.5 Å². The third-order valence-electron chi connectivity index (χ3n) is 8.00. The molecule has 0 spiro atoms. The van der Waals surface area contributed by atoms with Gasteiger partial charge in [0.2, 0.25) is 12.7 Å². The summed E-state index contributed by atoms with van der Waals surface area (Å²) in [5.41, 5.74) is 2.92. The molecule has 1 saturated heterocycles. The molecule has 2 aromatic rings. The average Bonchev–Trinajstić information content (AvgIpc) is 3.40. The summed E-state index contributed by atoms with van der Waals surface area (Å²) in [4.78, 5) is 32.3. The normalized spacial score (nSPS) is 19.9. The molecule has 0 saturated carbocycles. The predicted octanol–water partition coefficient (Wildman–Crippen LogP) is 5.23. The first-order chi connectivity index (χ1) is 18.1. The van der Waals surface area contributed by atoms with Crippen molar-refractivity contribution >= 4 is 17.5 Å². The van der Waals surface area contributed by atoms with Crippen LogP contribution in [0.2, 0.25) is 0 Å². The van der Waals surface area contributed by atoms with Crippen molar-refractivity contribution in [3.63, 3.8) is 0 Å². The fourth-order valence-corrected chi connectivity index (χ4v) is 5.90. The standard InChI is InChI=1S/C30H39N3O4/c1-23(34)33-17-9-5-3-2-4-8-16-32(21-25-10-6-7-11-27(25)33)26-14-18-31(19-15-26)30(35)24-12-13-28-29(20-24)37-22-36-28/h6-7,10-13,20,26H,2-5,8-9,14-19,21-22H2,1H3. The number of nitrogens with zero attached hydrogens (tertiary/aromatic N) is 3. The number of benzene rings is 2. The van der Waals surface area contributed by atoms with Crippen molar-refractivity contribution in [1.82, 2.24) is 9.80 Å². The minimum atomic E-state index is 0.0594. The van der Waals surface area contributed by atoms with Gasteiger partial charge in [0.1, 0.15) is 0 Å². The fourth-order valence-electron chi connectivity index (χ4n) is 5.90. The number of hydrogen-bond donors (Lipinski definition) is 0. The van der Waals surface area contributed by atoms with Gasteiger partial charge in [-0.15, -0.1) is 0 Å². The van der Waals surface area contributed by atoms with Gasteiger partial charge in [-0.3, -0.25) is 14.5 Å². The zero-order chi connectivity index (χ0) is 25.6. The van der Waals surface area contributed by atoms with Crippen LogP contribution in [-0.2, 0) is 11.3 Å². The molecule has 0 aromatic heterocycles. The van der Waals surface area contributed by atoms with E-state index < -0.39 is 0 Å². The Hall–Kier alpha value is -3.06. The highest BCUT2D eigenvalue weighted by molar-refractivity contribution is 5.95. The predicted molar refractivity (Wildman–Crippen MR) is 144 cm³/mol. The van der Waals surface area contributed by atoms with Gasteiger partial charge in [0, 0.05) is 50.4 Å². The van der Waals surface area contributed by atoms with Crippen LogP contribution in [0.25, 0.3) is 0 Å².